The summed E-state index contributed by atoms with van der Waals surface area (Å²) in [4.78, 5) is 10.8. The second-order valence-electron chi connectivity index (χ2n) is 3.65. The van der Waals surface area contributed by atoms with Crippen LogP contribution in [-0.4, -0.2) is 35.8 Å². The Bertz CT molecular complexity index is 494. The van der Waals surface area contributed by atoms with Crippen LogP contribution in [0.5, 0.6) is 0 Å². The number of nitrogens with one attached hydrogen (secondary N) is 1. The van der Waals surface area contributed by atoms with Gasteiger partial charge in [-0.2, -0.15) is 5.10 Å². The van der Waals surface area contributed by atoms with Gasteiger partial charge >= 0.3 is 5.97 Å². The SMILES string of the molecule is CCC(CNS(=O)(=O)c1cnn(C)c1)C(=O)O. The molecule has 1 unspecified atom stereocenters. The highest BCUT2D eigenvalue weighted by atomic mass is 32.2. The Kier molecular flexibility index (Phi) is 4.24. The second-order valence-corrected chi connectivity index (χ2v) is 5.41. The van der Waals surface area contributed by atoms with E-state index in [9.17, 15) is 13.2 Å². The molecule has 0 aliphatic carbocycles. The van der Waals surface area contributed by atoms with Gasteiger partial charge in [-0.25, -0.2) is 13.1 Å². The first-order chi connectivity index (χ1) is 7.86. The largest absolute Gasteiger partial charge is 0.481 e. The number of hydrogen-bond acceptors (Lipinski definition) is 4. The average Bonchev–Trinajstić information content (AvgIpc) is 2.66. The van der Waals surface area contributed by atoms with E-state index in [-0.39, 0.29) is 11.4 Å². The van der Waals surface area contributed by atoms with Crippen molar-refractivity contribution in [2.45, 2.75) is 18.2 Å². The lowest BCUT2D eigenvalue weighted by atomic mass is 10.1. The van der Waals surface area contributed by atoms with Crippen molar-refractivity contribution in [3.63, 3.8) is 0 Å². The molecule has 1 rings (SSSR count). The minimum atomic E-state index is -3.67. The van der Waals surface area contributed by atoms with E-state index >= 15 is 0 Å². The number of carboxylic acid groups (broad SMARTS) is 1. The fourth-order valence-electron chi connectivity index (χ4n) is 1.24. The Morgan fingerprint density at radius 3 is 2.71 bits per heavy atom. The molecule has 1 aromatic heterocycles. The molecule has 0 fully saturated rings. The highest BCUT2D eigenvalue weighted by Gasteiger charge is 2.21. The van der Waals surface area contributed by atoms with Crippen LogP contribution in [0.3, 0.4) is 0 Å². The van der Waals surface area contributed by atoms with E-state index < -0.39 is 21.9 Å². The minimum Gasteiger partial charge on any atom is -0.481 e. The Morgan fingerprint density at radius 1 is 1.65 bits per heavy atom. The van der Waals surface area contributed by atoms with Crippen LogP contribution in [0.4, 0.5) is 0 Å². The zero-order valence-corrected chi connectivity index (χ0v) is 10.4. The number of aromatic nitrogens is 2. The fraction of sp³-hybridized carbons (Fsp3) is 0.556. The van der Waals surface area contributed by atoms with Gasteiger partial charge in [0.15, 0.2) is 0 Å². The van der Waals surface area contributed by atoms with Crippen molar-refractivity contribution in [3.05, 3.63) is 12.4 Å². The molecule has 17 heavy (non-hydrogen) atoms. The normalized spacial score (nSPS) is 13.5. The Hall–Kier alpha value is -1.41. The Labute approximate surface area is 99.5 Å². The molecule has 0 bridgehead atoms. The van der Waals surface area contributed by atoms with E-state index in [0.29, 0.717) is 6.42 Å². The maximum atomic E-state index is 11.7. The smallest absolute Gasteiger partial charge is 0.307 e. The van der Waals surface area contributed by atoms with E-state index in [0.717, 1.165) is 0 Å². The predicted molar refractivity (Wildman–Crippen MR) is 59.8 cm³/mol. The van der Waals surface area contributed by atoms with E-state index in [4.69, 9.17) is 5.11 Å². The molecule has 0 radical (unpaired) electrons. The molecule has 0 amide bonds. The summed E-state index contributed by atoms with van der Waals surface area (Å²) in [5.74, 6) is -1.73. The first kappa shape index (κ1) is 13.7. The summed E-state index contributed by atoms with van der Waals surface area (Å²) in [5, 5.41) is 12.5. The number of sulfonamides is 1. The van der Waals surface area contributed by atoms with Gasteiger partial charge in [0, 0.05) is 19.8 Å². The van der Waals surface area contributed by atoms with Crippen LogP contribution in [-0.2, 0) is 21.9 Å². The average molecular weight is 261 g/mol. The quantitative estimate of drug-likeness (QED) is 0.739. The predicted octanol–water partition coefficient (Wildman–Crippen LogP) is -0.191. The van der Waals surface area contributed by atoms with Crippen LogP contribution in [0.15, 0.2) is 17.3 Å². The third kappa shape index (κ3) is 3.53. The summed E-state index contributed by atoms with van der Waals surface area (Å²) in [5.41, 5.74) is 0. The van der Waals surface area contributed by atoms with Crippen molar-refractivity contribution in [2.75, 3.05) is 6.54 Å². The fourth-order valence-corrected chi connectivity index (χ4v) is 2.30. The van der Waals surface area contributed by atoms with Crippen LogP contribution in [0.2, 0.25) is 0 Å². The van der Waals surface area contributed by atoms with Crippen LogP contribution in [0.25, 0.3) is 0 Å². The highest BCUT2D eigenvalue weighted by molar-refractivity contribution is 7.89. The summed E-state index contributed by atoms with van der Waals surface area (Å²) in [6, 6.07) is 0. The number of rotatable bonds is 6. The van der Waals surface area contributed by atoms with Crippen molar-refractivity contribution in [1.82, 2.24) is 14.5 Å². The van der Waals surface area contributed by atoms with Gasteiger partial charge in [0.1, 0.15) is 4.90 Å². The van der Waals surface area contributed by atoms with Gasteiger partial charge in [-0.05, 0) is 6.42 Å². The van der Waals surface area contributed by atoms with Gasteiger partial charge in [-0.1, -0.05) is 6.92 Å². The number of nitrogens with zero attached hydrogens (tertiary/aromatic N) is 2. The minimum absolute atomic E-state index is 0.0280. The van der Waals surface area contributed by atoms with E-state index in [1.54, 1.807) is 14.0 Å². The molecule has 0 saturated carbocycles. The van der Waals surface area contributed by atoms with Gasteiger partial charge in [0.05, 0.1) is 12.1 Å². The molecule has 1 heterocycles. The van der Waals surface area contributed by atoms with E-state index in [2.05, 4.69) is 9.82 Å². The van der Waals surface area contributed by atoms with Crippen LogP contribution in [0.1, 0.15) is 13.3 Å². The maximum absolute atomic E-state index is 11.7. The number of carboxylic acids is 1. The first-order valence-corrected chi connectivity index (χ1v) is 6.56. The van der Waals surface area contributed by atoms with E-state index in [1.165, 1.54) is 17.1 Å². The number of carbonyl (C=O) groups is 1. The summed E-state index contributed by atoms with van der Waals surface area (Å²) < 4.78 is 27.1. The molecular weight excluding hydrogens is 246 g/mol. The van der Waals surface area contributed by atoms with Gasteiger partial charge in [0.2, 0.25) is 10.0 Å². The third-order valence-electron chi connectivity index (χ3n) is 2.35. The van der Waals surface area contributed by atoms with Gasteiger partial charge < -0.3 is 5.11 Å². The topological polar surface area (TPSA) is 101 Å². The summed E-state index contributed by atoms with van der Waals surface area (Å²) in [6.07, 6.45) is 2.93. The van der Waals surface area contributed by atoms with Crippen molar-refractivity contribution in [3.8, 4) is 0 Å². The van der Waals surface area contributed by atoms with Crippen molar-refractivity contribution in [1.29, 1.82) is 0 Å². The molecule has 1 aromatic rings. The Morgan fingerprint density at radius 2 is 2.29 bits per heavy atom. The zero-order chi connectivity index (χ0) is 13.1. The maximum Gasteiger partial charge on any atom is 0.307 e. The zero-order valence-electron chi connectivity index (χ0n) is 9.62. The van der Waals surface area contributed by atoms with Crippen molar-refractivity contribution < 1.29 is 18.3 Å². The molecule has 0 aliphatic rings. The summed E-state index contributed by atoms with van der Waals surface area (Å²) in [6.45, 7) is 1.57. The van der Waals surface area contributed by atoms with E-state index in [1.807, 2.05) is 0 Å². The summed E-state index contributed by atoms with van der Waals surface area (Å²) in [7, 11) is -2.07. The molecule has 8 heteroatoms. The van der Waals surface area contributed by atoms with Gasteiger partial charge in [-0.3, -0.25) is 9.48 Å². The number of aliphatic carboxylic acids is 1. The van der Waals surface area contributed by atoms with Gasteiger partial charge in [0.25, 0.3) is 0 Å². The lowest BCUT2D eigenvalue weighted by Crippen LogP contribution is -2.32. The number of aryl methyl sites for hydroxylation is 1. The van der Waals surface area contributed by atoms with Gasteiger partial charge in [-0.15, -0.1) is 0 Å². The molecule has 0 aliphatic heterocycles. The molecule has 0 saturated heterocycles. The standard InChI is InChI=1S/C9H15N3O4S/c1-3-7(9(13)14)4-11-17(15,16)8-5-10-12(2)6-8/h5-7,11H,3-4H2,1-2H3,(H,13,14). The molecule has 2 N–H and O–H groups in total. The Balaban J connectivity index is 2.71. The lowest BCUT2D eigenvalue weighted by Gasteiger charge is -2.10. The summed E-state index contributed by atoms with van der Waals surface area (Å²) >= 11 is 0. The lowest BCUT2D eigenvalue weighted by molar-refractivity contribution is -0.141. The molecule has 0 spiro atoms. The van der Waals surface area contributed by atoms with Crippen LogP contribution < -0.4 is 4.72 Å². The molecular formula is C9H15N3O4S. The molecule has 96 valence electrons. The highest BCUT2D eigenvalue weighted by Crippen LogP contribution is 2.08. The third-order valence-corrected chi connectivity index (χ3v) is 3.73. The molecule has 0 aromatic carbocycles. The second kappa shape index (κ2) is 5.28. The van der Waals surface area contributed by atoms with Crippen molar-refractivity contribution >= 4 is 16.0 Å². The monoisotopic (exact) mass is 261 g/mol. The molecule has 7 nitrogen and oxygen atoms in total. The van der Waals surface area contributed by atoms with Crippen LogP contribution >= 0.6 is 0 Å². The molecule has 1 atom stereocenters. The van der Waals surface area contributed by atoms with Crippen LogP contribution in [0, 0.1) is 5.92 Å². The number of hydrogen-bond donors (Lipinski definition) is 2. The first-order valence-electron chi connectivity index (χ1n) is 5.08. The van der Waals surface area contributed by atoms with Crippen molar-refractivity contribution in [2.24, 2.45) is 13.0 Å².